The van der Waals surface area contributed by atoms with E-state index in [9.17, 15) is 8.42 Å². The van der Waals surface area contributed by atoms with Crippen LogP contribution in [-0.2, 0) is 23.1 Å². The Kier molecular flexibility index (Phi) is 5.28. The Hall–Kier alpha value is -0.800. The number of hydrogen-bond donors (Lipinski definition) is 2. The molecule has 5 nitrogen and oxygen atoms in total. The zero-order valence-corrected chi connectivity index (χ0v) is 13.8. The predicted molar refractivity (Wildman–Crippen MR) is 82.6 cm³/mol. The fourth-order valence-electron chi connectivity index (χ4n) is 1.57. The average Bonchev–Trinajstić information content (AvgIpc) is 3.03. The van der Waals surface area contributed by atoms with Gasteiger partial charge in [0.25, 0.3) is 0 Å². The van der Waals surface area contributed by atoms with Crippen LogP contribution in [-0.4, -0.2) is 19.9 Å². The highest BCUT2D eigenvalue weighted by Crippen LogP contribution is 2.19. The van der Waals surface area contributed by atoms with E-state index in [1.807, 2.05) is 13.8 Å². The van der Waals surface area contributed by atoms with Gasteiger partial charge in [0, 0.05) is 27.9 Å². The maximum Gasteiger partial charge on any atom is 0.241 e. The number of sulfonamides is 1. The number of aromatic nitrogens is 1. The molecule has 110 valence electrons. The van der Waals surface area contributed by atoms with Crippen LogP contribution < -0.4 is 10.0 Å². The fourth-order valence-corrected chi connectivity index (χ4v) is 4.62. The Morgan fingerprint density at radius 1 is 1.35 bits per heavy atom. The fraction of sp³-hybridized carbons (Fsp3) is 0.417. The standard InChI is InChI=1S/C12H17N3O2S3/c1-3-13-6-10-4-11(8-18-10)20(16,17)15-7-12-14-5-9(2)19-12/h4-5,8,13,15H,3,6-7H2,1-2H3. The molecule has 2 rings (SSSR count). The van der Waals surface area contributed by atoms with Crippen LogP contribution in [0.2, 0.25) is 0 Å². The second-order valence-electron chi connectivity index (χ2n) is 4.22. The van der Waals surface area contributed by atoms with E-state index in [-0.39, 0.29) is 6.54 Å². The van der Waals surface area contributed by atoms with Crippen molar-refractivity contribution in [3.05, 3.63) is 32.4 Å². The summed E-state index contributed by atoms with van der Waals surface area (Å²) in [6.07, 6.45) is 1.74. The lowest BCUT2D eigenvalue weighted by atomic mass is 10.4. The first-order valence-electron chi connectivity index (χ1n) is 6.20. The van der Waals surface area contributed by atoms with Gasteiger partial charge in [0.15, 0.2) is 0 Å². The van der Waals surface area contributed by atoms with Crippen LogP contribution in [0.5, 0.6) is 0 Å². The highest BCUT2D eigenvalue weighted by atomic mass is 32.2. The smallest absolute Gasteiger partial charge is 0.241 e. The van der Waals surface area contributed by atoms with Crippen LogP contribution in [0.3, 0.4) is 0 Å². The lowest BCUT2D eigenvalue weighted by molar-refractivity contribution is 0.581. The third-order valence-corrected chi connectivity index (χ3v) is 5.95. The third kappa shape index (κ3) is 4.10. The molecular formula is C12H17N3O2S3. The van der Waals surface area contributed by atoms with Gasteiger partial charge in [0.05, 0.1) is 11.4 Å². The summed E-state index contributed by atoms with van der Waals surface area (Å²) in [4.78, 5) is 6.55. The number of rotatable bonds is 7. The molecule has 0 saturated heterocycles. The first-order valence-corrected chi connectivity index (χ1v) is 9.38. The normalized spacial score (nSPS) is 11.9. The summed E-state index contributed by atoms with van der Waals surface area (Å²) >= 11 is 2.94. The zero-order valence-electron chi connectivity index (χ0n) is 11.3. The highest BCUT2D eigenvalue weighted by Gasteiger charge is 2.16. The van der Waals surface area contributed by atoms with E-state index in [4.69, 9.17) is 0 Å². The van der Waals surface area contributed by atoms with Gasteiger partial charge in [0.2, 0.25) is 10.0 Å². The van der Waals surface area contributed by atoms with Crippen LogP contribution in [0.4, 0.5) is 0 Å². The first kappa shape index (κ1) is 15.6. The molecule has 0 fully saturated rings. The molecule has 0 aliphatic rings. The zero-order chi connectivity index (χ0) is 14.6. The topological polar surface area (TPSA) is 71.1 Å². The summed E-state index contributed by atoms with van der Waals surface area (Å²) in [7, 11) is -3.45. The molecule has 0 unspecified atom stereocenters. The van der Waals surface area contributed by atoms with E-state index < -0.39 is 10.0 Å². The van der Waals surface area contributed by atoms with Crippen molar-refractivity contribution in [2.24, 2.45) is 0 Å². The van der Waals surface area contributed by atoms with E-state index >= 15 is 0 Å². The number of hydrogen-bond acceptors (Lipinski definition) is 6. The second kappa shape index (κ2) is 6.77. The molecule has 2 aromatic rings. The molecule has 0 aromatic carbocycles. The molecule has 2 N–H and O–H groups in total. The maximum absolute atomic E-state index is 12.2. The van der Waals surface area contributed by atoms with Crippen molar-refractivity contribution in [2.75, 3.05) is 6.54 Å². The van der Waals surface area contributed by atoms with Crippen LogP contribution in [0.25, 0.3) is 0 Å². The minimum Gasteiger partial charge on any atom is -0.312 e. The number of nitrogens with one attached hydrogen (secondary N) is 2. The van der Waals surface area contributed by atoms with E-state index in [2.05, 4.69) is 15.0 Å². The van der Waals surface area contributed by atoms with E-state index in [0.717, 1.165) is 21.3 Å². The molecule has 0 amide bonds. The van der Waals surface area contributed by atoms with Gasteiger partial charge in [-0.15, -0.1) is 22.7 Å². The summed E-state index contributed by atoms with van der Waals surface area (Å²) in [6.45, 7) is 5.76. The number of aryl methyl sites for hydroxylation is 1. The van der Waals surface area contributed by atoms with Crippen LogP contribution in [0.15, 0.2) is 22.5 Å². The summed E-state index contributed by atoms with van der Waals surface area (Å²) in [5.74, 6) is 0. The minimum absolute atomic E-state index is 0.235. The van der Waals surface area contributed by atoms with E-state index in [0.29, 0.717) is 11.4 Å². The third-order valence-electron chi connectivity index (χ3n) is 2.57. The van der Waals surface area contributed by atoms with Crippen molar-refractivity contribution in [2.45, 2.75) is 31.8 Å². The van der Waals surface area contributed by atoms with Crippen molar-refractivity contribution >= 4 is 32.7 Å². The van der Waals surface area contributed by atoms with Crippen molar-refractivity contribution < 1.29 is 8.42 Å². The lowest BCUT2D eigenvalue weighted by Gasteiger charge is -2.02. The quantitative estimate of drug-likeness (QED) is 0.815. The SMILES string of the molecule is CCNCc1cc(S(=O)(=O)NCc2ncc(C)s2)cs1. The monoisotopic (exact) mass is 331 g/mol. The summed E-state index contributed by atoms with van der Waals surface area (Å²) < 4.78 is 26.9. The van der Waals surface area contributed by atoms with Gasteiger partial charge in [-0.1, -0.05) is 6.92 Å². The second-order valence-corrected chi connectivity index (χ2v) is 8.30. The van der Waals surface area contributed by atoms with Crippen molar-refractivity contribution in [1.29, 1.82) is 0 Å². The molecule has 20 heavy (non-hydrogen) atoms. The van der Waals surface area contributed by atoms with E-state index in [1.54, 1.807) is 17.6 Å². The summed E-state index contributed by atoms with van der Waals surface area (Å²) in [6, 6.07) is 1.71. The molecule has 8 heteroatoms. The van der Waals surface area contributed by atoms with Crippen LogP contribution in [0, 0.1) is 6.92 Å². The molecule has 0 aliphatic carbocycles. The van der Waals surface area contributed by atoms with Crippen LogP contribution in [0.1, 0.15) is 21.7 Å². The van der Waals surface area contributed by atoms with E-state index in [1.165, 1.54) is 22.7 Å². The Bertz CT molecular complexity index is 661. The molecule has 0 atom stereocenters. The first-order chi connectivity index (χ1) is 9.51. The predicted octanol–water partition coefficient (Wildman–Crippen LogP) is 2.10. The summed E-state index contributed by atoms with van der Waals surface area (Å²) in [5, 5.41) is 5.62. The molecular weight excluding hydrogens is 314 g/mol. The maximum atomic E-state index is 12.2. The van der Waals surface area contributed by atoms with Gasteiger partial charge in [-0.3, -0.25) is 0 Å². The Labute approximate surface area is 127 Å². The summed E-state index contributed by atoms with van der Waals surface area (Å²) in [5.41, 5.74) is 0. The molecule has 0 radical (unpaired) electrons. The number of thiazole rings is 1. The number of nitrogens with zero attached hydrogens (tertiary/aromatic N) is 1. The van der Waals surface area contributed by atoms with Crippen molar-refractivity contribution in [3.63, 3.8) is 0 Å². The molecule has 0 saturated carbocycles. The van der Waals surface area contributed by atoms with Crippen LogP contribution >= 0.6 is 22.7 Å². The van der Waals surface area contributed by atoms with Gasteiger partial charge in [-0.05, 0) is 19.5 Å². The van der Waals surface area contributed by atoms with Crippen molar-refractivity contribution in [1.82, 2.24) is 15.0 Å². The molecule has 0 spiro atoms. The Balaban J connectivity index is 2.00. The van der Waals surface area contributed by atoms with Gasteiger partial charge in [-0.2, -0.15) is 0 Å². The molecule has 0 bridgehead atoms. The minimum atomic E-state index is -3.45. The average molecular weight is 331 g/mol. The van der Waals surface area contributed by atoms with Gasteiger partial charge in [-0.25, -0.2) is 18.1 Å². The van der Waals surface area contributed by atoms with Gasteiger partial charge < -0.3 is 5.32 Å². The number of thiophene rings is 1. The molecule has 2 heterocycles. The Morgan fingerprint density at radius 2 is 2.15 bits per heavy atom. The molecule has 0 aliphatic heterocycles. The van der Waals surface area contributed by atoms with Crippen molar-refractivity contribution in [3.8, 4) is 0 Å². The molecule has 2 aromatic heterocycles. The Morgan fingerprint density at radius 3 is 2.80 bits per heavy atom. The van der Waals surface area contributed by atoms with Gasteiger partial charge in [0.1, 0.15) is 5.01 Å². The largest absolute Gasteiger partial charge is 0.312 e. The highest BCUT2D eigenvalue weighted by molar-refractivity contribution is 7.89. The van der Waals surface area contributed by atoms with Gasteiger partial charge >= 0.3 is 0 Å². The lowest BCUT2D eigenvalue weighted by Crippen LogP contribution is -2.22.